The number of hydrogen-bond acceptors (Lipinski definition) is 5. The summed E-state index contributed by atoms with van der Waals surface area (Å²) in [5, 5.41) is 7.52. The Morgan fingerprint density at radius 1 is 1.41 bits per heavy atom. The van der Waals surface area contributed by atoms with Gasteiger partial charge in [0.2, 0.25) is 0 Å². The smallest absolute Gasteiger partial charge is 0.263 e. The van der Waals surface area contributed by atoms with Crippen molar-refractivity contribution in [3.8, 4) is 10.7 Å². The minimum atomic E-state index is -0.00321. The van der Waals surface area contributed by atoms with Gasteiger partial charge in [-0.15, -0.1) is 11.3 Å². The number of carbonyl (C=O) groups excluding carboxylic acids is 1. The lowest BCUT2D eigenvalue weighted by atomic mass is 9.95. The summed E-state index contributed by atoms with van der Waals surface area (Å²) in [6.45, 7) is 1.89. The van der Waals surface area contributed by atoms with E-state index in [9.17, 15) is 4.79 Å². The van der Waals surface area contributed by atoms with E-state index >= 15 is 0 Å². The van der Waals surface area contributed by atoms with Crippen molar-refractivity contribution >= 4 is 17.2 Å². The van der Waals surface area contributed by atoms with E-state index in [1.807, 2.05) is 25.1 Å². The number of hydrogen-bond donors (Lipinski definition) is 2. The van der Waals surface area contributed by atoms with Gasteiger partial charge in [-0.25, -0.2) is 4.98 Å². The van der Waals surface area contributed by atoms with Crippen LogP contribution in [0.5, 0.6) is 0 Å². The summed E-state index contributed by atoms with van der Waals surface area (Å²) in [7, 11) is 0. The summed E-state index contributed by atoms with van der Waals surface area (Å²) in [6.07, 6.45) is 5.19. The van der Waals surface area contributed by atoms with Crippen LogP contribution >= 0.6 is 11.3 Å². The molecule has 2 aliphatic heterocycles. The molecule has 0 aromatic carbocycles. The van der Waals surface area contributed by atoms with E-state index in [1.165, 1.54) is 17.8 Å². The predicted octanol–water partition coefficient (Wildman–Crippen LogP) is 2.14. The summed E-state index contributed by atoms with van der Waals surface area (Å²) >= 11 is 1.42. The van der Waals surface area contributed by atoms with Crippen LogP contribution in [0.4, 0.5) is 0 Å². The average Bonchev–Trinajstić information content (AvgIpc) is 3.23. The molecule has 1 amide bonds. The molecule has 114 valence electrons. The van der Waals surface area contributed by atoms with Gasteiger partial charge in [-0.2, -0.15) is 0 Å². The monoisotopic (exact) mass is 314 g/mol. The van der Waals surface area contributed by atoms with E-state index in [-0.39, 0.29) is 11.9 Å². The van der Waals surface area contributed by atoms with Crippen LogP contribution in [-0.2, 0) is 0 Å². The second-order valence-electron chi connectivity index (χ2n) is 6.01. The summed E-state index contributed by atoms with van der Waals surface area (Å²) in [5.74, 6) is -0.00321. The van der Waals surface area contributed by atoms with E-state index in [4.69, 9.17) is 0 Å². The molecule has 2 aromatic rings. The first kappa shape index (κ1) is 13.8. The van der Waals surface area contributed by atoms with Crippen molar-refractivity contribution < 1.29 is 4.79 Å². The zero-order chi connectivity index (χ0) is 15.1. The van der Waals surface area contributed by atoms with Gasteiger partial charge in [0.15, 0.2) is 0 Å². The Morgan fingerprint density at radius 2 is 2.32 bits per heavy atom. The Balaban J connectivity index is 1.52. The van der Waals surface area contributed by atoms with Crippen molar-refractivity contribution in [2.45, 2.75) is 44.3 Å². The second kappa shape index (κ2) is 5.44. The molecule has 22 heavy (non-hydrogen) atoms. The maximum absolute atomic E-state index is 12.6. The average molecular weight is 314 g/mol. The van der Waals surface area contributed by atoms with E-state index in [0.717, 1.165) is 29.2 Å². The second-order valence-corrected chi connectivity index (χ2v) is 7.01. The van der Waals surface area contributed by atoms with Gasteiger partial charge >= 0.3 is 0 Å². The van der Waals surface area contributed by atoms with Crippen LogP contribution in [0, 0.1) is 6.92 Å². The number of nitrogens with zero attached hydrogens (tertiary/aromatic N) is 2. The molecule has 0 radical (unpaired) electrons. The van der Waals surface area contributed by atoms with Crippen LogP contribution in [-0.4, -0.2) is 34.0 Å². The molecule has 0 aliphatic carbocycles. The van der Waals surface area contributed by atoms with E-state index in [0.29, 0.717) is 17.0 Å². The topological polar surface area (TPSA) is 66.9 Å². The zero-order valence-corrected chi connectivity index (χ0v) is 13.2. The fourth-order valence-corrected chi connectivity index (χ4v) is 4.37. The van der Waals surface area contributed by atoms with Gasteiger partial charge in [-0.1, -0.05) is 6.07 Å². The molecular formula is C16H18N4OS. The number of pyridine rings is 1. The van der Waals surface area contributed by atoms with E-state index in [2.05, 4.69) is 20.6 Å². The van der Waals surface area contributed by atoms with Crippen molar-refractivity contribution in [2.24, 2.45) is 0 Å². The number of amides is 1. The number of carbonyl (C=O) groups is 1. The van der Waals surface area contributed by atoms with Crippen LogP contribution in [0.1, 0.15) is 34.6 Å². The van der Waals surface area contributed by atoms with Gasteiger partial charge in [-0.3, -0.25) is 9.78 Å². The van der Waals surface area contributed by atoms with Crippen LogP contribution in [0.3, 0.4) is 0 Å². The van der Waals surface area contributed by atoms with Gasteiger partial charge in [0.1, 0.15) is 9.88 Å². The van der Waals surface area contributed by atoms with Crippen LogP contribution in [0.15, 0.2) is 24.4 Å². The number of thiazole rings is 1. The maximum Gasteiger partial charge on any atom is 0.263 e. The highest BCUT2D eigenvalue weighted by Gasteiger charge is 2.40. The van der Waals surface area contributed by atoms with Crippen molar-refractivity contribution in [1.29, 1.82) is 0 Å². The largest absolute Gasteiger partial charge is 0.347 e. The molecule has 2 aliphatic rings. The minimum absolute atomic E-state index is 0.00321. The Labute approximate surface area is 133 Å². The molecule has 6 heteroatoms. The first-order chi connectivity index (χ1) is 10.7. The fraction of sp³-hybridized carbons (Fsp3) is 0.438. The molecule has 0 saturated carbocycles. The van der Waals surface area contributed by atoms with Gasteiger partial charge in [0.05, 0.1) is 11.4 Å². The molecule has 0 spiro atoms. The lowest BCUT2D eigenvalue weighted by Crippen LogP contribution is -2.42. The SMILES string of the molecule is Cc1nc(-c2ccccn2)sc1C(=O)NC1CC2CCC1N2. The lowest BCUT2D eigenvalue weighted by Gasteiger charge is -2.21. The van der Waals surface area contributed by atoms with Crippen molar-refractivity contribution in [1.82, 2.24) is 20.6 Å². The van der Waals surface area contributed by atoms with Crippen molar-refractivity contribution in [2.75, 3.05) is 0 Å². The molecule has 2 saturated heterocycles. The molecular weight excluding hydrogens is 296 g/mol. The third-order valence-electron chi connectivity index (χ3n) is 4.50. The fourth-order valence-electron chi connectivity index (χ4n) is 3.42. The Morgan fingerprint density at radius 3 is 3.00 bits per heavy atom. The molecule has 3 atom stereocenters. The minimum Gasteiger partial charge on any atom is -0.347 e. The summed E-state index contributed by atoms with van der Waals surface area (Å²) in [4.78, 5) is 22.1. The highest BCUT2D eigenvalue weighted by atomic mass is 32.1. The normalized spacial score (nSPS) is 26.3. The van der Waals surface area contributed by atoms with Gasteiger partial charge in [0, 0.05) is 24.3 Å². The molecule has 3 unspecified atom stereocenters. The Hall–Kier alpha value is -1.79. The number of fused-ring (bicyclic) bond motifs is 2. The first-order valence-corrected chi connectivity index (χ1v) is 8.48. The molecule has 2 aromatic heterocycles. The Bertz CT molecular complexity index is 699. The van der Waals surface area contributed by atoms with Gasteiger partial charge in [0.25, 0.3) is 5.91 Å². The third kappa shape index (κ3) is 2.42. The Kier molecular flexibility index (Phi) is 3.43. The molecule has 2 fully saturated rings. The number of nitrogens with one attached hydrogen (secondary N) is 2. The summed E-state index contributed by atoms with van der Waals surface area (Å²) < 4.78 is 0. The van der Waals surface area contributed by atoms with Gasteiger partial charge < -0.3 is 10.6 Å². The molecule has 4 heterocycles. The summed E-state index contributed by atoms with van der Waals surface area (Å²) in [6, 6.07) is 7.00. The standard InChI is InChI=1S/C16H18N4OS/c1-9-14(22-16(18-9)12-4-2-3-7-17-12)15(21)20-13-8-10-5-6-11(13)19-10/h2-4,7,10-11,13,19H,5-6,8H2,1H3,(H,20,21). The number of aromatic nitrogens is 2. The van der Waals surface area contributed by atoms with E-state index in [1.54, 1.807) is 6.20 Å². The maximum atomic E-state index is 12.6. The number of rotatable bonds is 3. The van der Waals surface area contributed by atoms with Crippen molar-refractivity contribution in [3.63, 3.8) is 0 Å². The predicted molar refractivity (Wildman–Crippen MR) is 85.9 cm³/mol. The first-order valence-electron chi connectivity index (χ1n) is 7.66. The molecule has 2 N–H and O–H groups in total. The van der Waals surface area contributed by atoms with Crippen molar-refractivity contribution in [3.05, 3.63) is 35.0 Å². The van der Waals surface area contributed by atoms with Crippen LogP contribution < -0.4 is 10.6 Å². The highest BCUT2D eigenvalue weighted by molar-refractivity contribution is 7.17. The molecule has 5 nitrogen and oxygen atoms in total. The number of aryl methyl sites for hydroxylation is 1. The highest BCUT2D eigenvalue weighted by Crippen LogP contribution is 2.30. The van der Waals surface area contributed by atoms with Crippen LogP contribution in [0.2, 0.25) is 0 Å². The summed E-state index contributed by atoms with van der Waals surface area (Å²) in [5.41, 5.74) is 1.59. The van der Waals surface area contributed by atoms with Gasteiger partial charge in [-0.05, 0) is 38.3 Å². The van der Waals surface area contributed by atoms with Crippen LogP contribution in [0.25, 0.3) is 10.7 Å². The zero-order valence-electron chi connectivity index (χ0n) is 12.4. The lowest BCUT2D eigenvalue weighted by molar-refractivity contribution is 0.0934. The third-order valence-corrected chi connectivity index (χ3v) is 5.68. The molecule has 2 bridgehead atoms. The quantitative estimate of drug-likeness (QED) is 0.911. The molecule has 4 rings (SSSR count). The van der Waals surface area contributed by atoms with E-state index < -0.39 is 0 Å².